The van der Waals surface area contributed by atoms with Gasteiger partial charge in [0.05, 0.1) is 10.2 Å². The van der Waals surface area contributed by atoms with Gasteiger partial charge < -0.3 is 15.5 Å². The third kappa shape index (κ3) is 4.09. The minimum atomic E-state index is -0.0367. The van der Waals surface area contributed by atoms with Crippen LogP contribution in [0.4, 0.5) is 16.5 Å². The van der Waals surface area contributed by atoms with Crippen LogP contribution in [-0.4, -0.2) is 31.5 Å². The molecule has 1 amide bonds. The van der Waals surface area contributed by atoms with E-state index >= 15 is 0 Å². The maximum absolute atomic E-state index is 12.1. The van der Waals surface area contributed by atoms with Gasteiger partial charge in [0, 0.05) is 37.6 Å². The molecule has 0 fully saturated rings. The second kappa shape index (κ2) is 7.53. The Morgan fingerprint density at radius 1 is 1.20 bits per heavy atom. The molecule has 1 aromatic heterocycles. The Bertz CT molecular complexity index is 888. The number of benzene rings is 2. The first-order chi connectivity index (χ1) is 12.1. The lowest BCUT2D eigenvalue weighted by atomic mass is 10.2. The van der Waals surface area contributed by atoms with Crippen molar-refractivity contribution in [3.8, 4) is 0 Å². The van der Waals surface area contributed by atoms with Gasteiger partial charge in [-0.25, -0.2) is 4.98 Å². The van der Waals surface area contributed by atoms with Crippen molar-refractivity contribution in [3.05, 3.63) is 48.0 Å². The van der Waals surface area contributed by atoms with Crippen molar-refractivity contribution in [1.82, 2.24) is 10.3 Å². The minimum absolute atomic E-state index is 0.0367. The summed E-state index contributed by atoms with van der Waals surface area (Å²) in [6.45, 7) is 2.73. The quantitative estimate of drug-likeness (QED) is 0.695. The highest BCUT2D eigenvalue weighted by Crippen LogP contribution is 2.30. The molecule has 0 aliphatic rings. The van der Waals surface area contributed by atoms with E-state index < -0.39 is 0 Å². The largest absolute Gasteiger partial charge is 0.378 e. The van der Waals surface area contributed by atoms with Crippen LogP contribution in [0.2, 0.25) is 0 Å². The molecule has 0 aliphatic heterocycles. The van der Waals surface area contributed by atoms with Crippen LogP contribution in [0.5, 0.6) is 0 Å². The van der Waals surface area contributed by atoms with Crippen LogP contribution < -0.4 is 15.5 Å². The molecular formula is C19H22N4OS. The van der Waals surface area contributed by atoms with Gasteiger partial charge in [0.25, 0.3) is 5.91 Å². The summed E-state index contributed by atoms with van der Waals surface area (Å²) in [5, 5.41) is 7.07. The fraction of sp³-hybridized carbons (Fsp3) is 0.263. The number of hydrogen-bond acceptors (Lipinski definition) is 5. The lowest BCUT2D eigenvalue weighted by molar-refractivity contribution is 0.0954. The monoisotopic (exact) mass is 354 g/mol. The van der Waals surface area contributed by atoms with E-state index in [1.54, 1.807) is 11.3 Å². The van der Waals surface area contributed by atoms with Gasteiger partial charge in [-0.15, -0.1) is 0 Å². The third-order valence-corrected chi connectivity index (χ3v) is 4.73. The Morgan fingerprint density at radius 2 is 2.04 bits per heavy atom. The molecule has 3 aromatic rings. The zero-order valence-electron chi connectivity index (χ0n) is 14.7. The first kappa shape index (κ1) is 17.2. The number of nitrogens with zero attached hydrogens (tertiary/aromatic N) is 2. The van der Waals surface area contributed by atoms with Crippen LogP contribution in [0, 0.1) is 0 Å². The van der Waals surface area contributed by atoms with Gasteiger partial charge in [0.2, 0.25) is 0 Å². The average molecular weight is 354 g/mol. The van der Waals surface area contributed by atoms with Crippen LogP contribution in [0.15, 0.2) is 42.5 Å². The molecule has 0 saturated carbocycles. The molecule has 0 spiro atoms. The summed E-state index contributed by atoms with van der Waals surface area (Å²) >= 11 is 1.55. The second-order valence-electron chi connectivity index (χ2n) is 6.03. The molecule has 0 bridgehead atoms. The second-order valence-corrected chi connectivity index (χ2v) is 7.06. The summed E-state index contributed by atoms with van der Waals surface area (Å²) in [6, 6.07) is 13.8. The zero-order chi connectivity index (χ0) is 17.8. The van der Waals surface area contributed by atoms with Crippen LogP contribution in [0.25, 0.3) is 10.2 Å². The normalized spacial score (nSPS) is 10.7. The Hall–Kier alpha value is -2.60. The summed E-state index contributed by atoms with van der Waals surface area (Å²) in [5.41, 5.74) is 3.68. The number of amides is 1. The standard InChI is InChI=1S/C19H22N4OS/c1-4-10-20-18(24)13-8-9-16-17(11-13)25-19(22-16)21-14-6-5-7-15(12-14)23(2)3/h5-9,11-12H,4,10H2,1-3H3,(H,20,24)(H,21,22). The highest BCUT2D eigenvalue weighted by atomic mass is 32.1. The molecule has 2 N–H and O–H groups in total. The molecule has 3 rings (SSSR count). The molecule has 6 heteroatoms. The van der Waals surface area contributed by atoms with E-state index in [0.717, 1.165) is 33.1 Å². The van der Waals surface area contributed by atoms with E-state index in [1.165, 1.54) is 0 Å². The van der Waals surface area contributed by atoms with Crippen LogP contribution in [-0.2, 0) is 0 Å². The number of carbonyl (C=O) groups excluding carboxylic acids is 1. The van der Waals surface area contributed by atoms with Crippen molar-refractivity contribution in [3.63, 3.8) is 0 Å². The fourth-order valence-electron chi connectivity index (χ4n) is 2.45. The predicted molar refractivity (Wildman–Crippen MR) is 106 cm³/mol. The van der Waals surface area contributed by atoms with E-state index in [9.17, 15) is 4.79 Å². The number of carbonyl (C=O) groups is 1. The molecule has 25 heavy (non-hydrogen) atoms. The summed E-state index contributed by atoms with van der Waals surface area (Å²) < 4.78 is 0.996. The fourth-order valence-corrected chi connectivity index (χ4v) is 3.37. The molecule has 0 unspecified atom stereocenters. The molecule has 0 atom stereocenters. The van der Waals surface area contributed by atoms with E-state index in [4.69, 9.17) is 0 Å². The third-order valence-electron chi connectivity index (χ3n) is 3.80. The molecule has 130 valence electrons. The highest BCUT2D eigenvalue weighted by Gasteiger charge is 2.09. The van der Waals surface area contributed by atoms with Crippen molar-refractivity contribution >= 4 is 44.0 Å². The number of rotatable bonds is 6. The molecule has 1 heterocycles. The van der Waals surface area contributed by atoms with Crippen molar-refractivity contribution in [2.75, 3.05) is 30.9 Å². The first-order valence-corrected chi connectivity index (χ1v) is 9.11. The number of aromatic nitrogens is 1. The number of thiazole rings is 1. The lowest BCUT2D eigenvalue weighted by Gasteiger charge is -2.13. The maximum atomic E-state index is 12.1. The summed E-state index contributed by atoms with van der Waals surface area (Å²) in [7, 11) is 4.03. The van der Waals surface area contributed by atoms with Gasteiger partial charge in [-0.3, -0.25) is 4.79 Å². The van der Waals surface area contributed by atoms with Gasteiger partial charge >= 0.3 is 0 Å². The minimum Gasteiger partial charge on any atom is -0.378 e. The Labute approximate surface area is 151 Å². The predicted octanol–water partition coefficient (Wildman–Crippen LogP) is 4.25. The van der Waals surface area contributed by atoms with E-state index in [2.05, 4.69) is 32.7 Å². The highest BCUT2D eigenvalue weighted by molar-refractivity contribution is 7.22. The molecule has 2 aromatic carbocycles. The van der Waals surface area contributed by atoms with Gasteiger partial charge in [-0.05, 0) is 42.8 Å². The summed E-state index contributed by atoms with van der Waals surface area (Å²) in [5.74, 6) is -0.0367. The van der Waals surface area contributed by atoms with Gasteiger partial charge in [-0.2, -0.15) is 0 Å². The average Bonchev–Trinajstić information content (AvgIpc) is 3.01. The zero-order valence-corrected chi connectivity index (χ0v) is 15.5. The summed E-state index contributed by atoms with van der Waals surface area (Å²) in [6.07, 6.45) is 0.925. The van der Waals surface area contributed by atoms with Crippen molar-refractivity contribution in [1.29, 1.82) is 0 Å². The molecule has 5 nitrogen and oxygen atoms in total. The Kier molecular flexibility index (Phi) is 5.19. The smallest absolute Gasteiger partial charge is 0.251 e. The molecule has 0 radical (unpaired) electrons. The Morgan fingerprint density at radius 3 is 2.80 bits per heavy atom. The first-order valence-electron chi connectivity index (χ1n) is 8.30. The SMILES string of the molecule is CCCNC(=O)c1ccc2nc(Nc3cccc(N(C)C)c3)sc2c1. The number of nitrogens with one attached hydrogen (secondary N) is 2. The van der Waals surface area contributed by atoms with E-state index in [-0.39, 0.29) is 5.91 Å². The molecule has 0 aliphatic carbocycles. The number of fused-ring (bicyclic) bond motifs is 1. The van der Waals surface area contributed by atoms with Crippen molar-refractivity contribution in [2.24, 2.45) is 0 Å². The van der Waals surface area contributed by atoms with Crippen LogP contribution >= 0.6 is 11.3 Å². The topological polar surface area (TPSA) is 57.3 Å². The van der Waals surface area contributed by atoms with E-state index in [0.29, 0.717) is 12.1 Å². The van der Waals surface area contributed by atoms with Crippen molar-refractivity contribution in [2.45, 2.75) is 13.3 Å². The summed E-state index contributed by atoms with van der Waals surface area (Å²) in [4.78, 5) is 18.8. The van der Waals surface area contributed by atoms with Gasteiger partial charge in [0.15, 0.2) is 5.13 Å². The lowest BCUT2D eigenvalue weighted by Crippen LogP contribution is -2.23. The van der Waals surface area contributed by atoms with Crippen LogP contribution in [0.1, 0.15) is 23.7 Å². The van der Waals surface area contributed by atoms with Gasteiger partial charge in [0.1, 0.15) is 0 Å². The number of hydrogen-bond donors (Lipinski definition) is 2. The maximum Gasteiger partial charge on any atom is 0.251 e. The van der Waals surface area contributed by atoms with Crippen LogP contribution in [0.3, 0.4) is 0 Å². The molecule has 0 saturated heterocycles. The van der Waals surface area contributed by atoms with Crippen molar-refractivity contribution < 1.29 is 4.79 Å². The Balaban J connectivity index is 1.81. The van der Waals surface area contributed by atoms with E-state index in [1.807, 2.05) is 51.4 Å². The van der Waals surface area contributed by atoms with Gasteiger partial charge in [-0.1, -0.05) is 24.3 Å². The molecular weight excluding hydrogens is 332 g/mol. The number of anilines is 3.